The minimum atomic E-state index is -0.435. The van der Waals surface area contributed by atoms with Crippen molar-refractivity contribution in [3.8, 4) is 0 Å². The number of carbonyl (C=O) groups excluding carboxylic acids is 3. The van der Waals surface area contributed by atoms with E-state index in [0.29, 0.717) is 16.8 Å². The lowest BCUT2D eigenvalue weighted by atomic mass is 10.1. The average Bonchev–Trinajstić information content (AvgIpc) is 2.93. The Bertz CT molecular complexity index is 819. The number of pyridine rings is 1. The fraction of sp³-hybridized carbons (Fsp3) is 0.263. The Hall–Kier alpha value is -3.02. The van der Waals surface area contributed by atoms with Gasteiger partial charge in [-0.25, -0.2) is 4.90 Å². The first-order valence-electron chi connectivity index (χ1n) is 8.40. The molecular weight excluding hydrogens is 318 g/mol. The molecule has 1 saturated heterocycles. The lowest BCUT2D eigenvalue weighted by Crippen LogP contribution is -2.35. The van der Waals surface area contributed by atoms with Gasteiger partial charge < -0.3 is 4.90 Å². The summed E-state index contributed by atoms with van der Waals surface area (Å²) < 4.78 is 0. The molecule has 0 radical (unpaired) electrons. The number of anilines is 1. The summed E-state index contributed by atoms with van der Waals surface area (Å²) in [6.07, 6.45) is 4.72. The van der Waals surface area contributed by atoms with Crippen LogP contribution in [0.1, 0.15) is 50.5 Å². The molecule has 1 aromatic heterocycles. The Labute approximate surface area is 145 Å². The van der Waals surface area contributed by atoms with Crippen molar-refractivity contribution in [2.24, 2.45) is 0 Å². The molecule has 0 spiro atoms. The third-order valence-corrected chi connectivity index (χ3v) is 4.66. The van der Waals surface area contributed by atoms with Gasteiger partial charge in [0.05, 0.1) is 11.3 Å². The summed E-state index contributed by atoms with van der Waals surface area (Å²) in [5.41, 5.74) is 1.49. The van der Waals surface area contributed by atoms with Gasteiger partial charge in [-0.3, -0.25) is 19.4 Å². The number of piperidine rings is 1. The average molecular weight is 335 g/mol. The molecule has 1 fully saturated rings. The van der Waals surface area contributed by atoms with E-state index >= 15 is 0 Å². The van der Waals surface area contributed by atoms with Gasteiger partial charge in [-0.15, -0.1) is 0 Å². The number of nitrogens with zero attached hydrogens (tertiary/aromatic N) is 3. The van der Waals surface area contributed by atoms with E-state index in [4.69, 9.17) is 0 Å². The van der Waals surface area contributed by atoms with Crippen LogP contribution in [-0.4, -0.2) is 40.7 Å². The van der Waals surface area contributed by atoms with Crippen molar-refractivity contribution in [3.05, 3.63) is 59.4 Å². The van der Waals surface area contributed by atoms with E-state index in [1.54, 1.807) is 36.4 Å². The fourth-order valence-corrected chi connectivity index (χ4v) is 3.33. The van der Waals surface area contributed by atoms with Crippen molar-refractivity contribution in [2.75, 3.05) is 18.0 Å². The first-order chi connectivity index (χ1) is 12.2. The minimum absolute atomic E-state index is 0.00437. The van der Waals surface area contributed by atoms with Crippen LogP contribution in [0.5, 0.6) is 0 Å². The predicted octanol–water partition coefficient (Wildman–Crippen LogP) is 2.51. The molecule has 25 heavy (non-hydrogen) atoms. The van der Waals surface area contributed by atoms with Gasteiger partial charge >= 0.3 is 0 Å². The lowest BCUT2D eigenvalue weighted by molar-refractivity contribution is 0.0724. The Morgan fingerprint density at radius 3 is 2.32 bits per heavy atom. The molecule has 0 saturated carbocycles. The highest BCUT2D eigenvalue weighted by Gasteiger charge is 2.37. The second kappa shape index (κ2) is 6.12. The fourth-order valence-electron chi connectivity index (χ4n) is 3.33. The van der Waals surface area contributed by atoms with E-state index in [1.807, 2.05) is 4.90 Å². The van der Waals surface area contributed by atoms with Crippen LogP contribution in [-0.2, 0) is 0 Å². The number of amides is 3. The zero-order valence-electron chi connectivity index (χ0n) is 13.6. The van der Waals surface area contributed by atoms with Crippen LogP contribution >= 0.6 is 0 Å². The quantitative estimate of drug-likeness (QED) is 0.791. The number of benzene rings is 1. The van der Waals surface area contributed by atoms with Gasteiger partial charge in [0.25, 0.3) is 17.7 Å². The number of carbonyl (C=O) groups is 3. The van der Waals surface area contributed by atoms with E-state index in [9.17, 15) is 14.4 Å². The van der Waals surface area contributed by atoms with Gasteiger partial charge in [-0.1, -0.05) is 0 Å². The maximum atomic E-state index is 12.5. The van der Waals surface area contributed by atoms with Gasteiger partial charge in [0.15, 0.2) is 0 Å². The summed E-state index contributed by atoms with van der Waals surface area (Å²) in [7, 11) is 0. The normalized spacial score (nSPS) is 17.0. The van der Waals surface area contributed by atoms with Crippen LogP contribution < -0.4 is 4.90 Å². The van der Waals surface area contributed by atoms with Crippen LogP contribution in [0.2, 0.25) is 0 Å². The Morgan fingerprint density at radius 2 is 1.64 bits per heavy atom. The first kappa shape index (κ1) is 15.5. The molecular formula is C19H17N3O3. The van der Waals surface area contributed by atoms with E-state index < -0.39 is 5.91 Å². The number of likely N-dealkylation sites (tertiary alicyclic amines) is 1. The molecule has 6 nitrogen and oxygen atoms in total. The standard InChI is InChI=1S/C19H17N3O3/c23-17(21-11-2-1-3-12-21)13-6-8-14(9-7-13)22-18(24)15-5-4-10-20-16(15)19(22)25/h4-10H,1-3,11-12H2. The van der Waals surface area contributed by atoms with Crippen LogP contribution in [0.4, 0.5) is 5.69 Å². The van der Waals surface area contributed by atoms with Crippen molar-refractivity contribution in [1.82, 2.24) is 9.88 Å². The molecule has 2 aliphatic rings. The van der Waals surface area contributed by atoms with E-state index in [1.165, 1.54) is 6.20 Å². The molecule has 3 amide bonds. The molecule has 2 aliphatic heterocycles. The highest BCUT2D eigenvalue weighted by atomic mass is 16.2. The minimum Gasteiger partial charge on any atom is -0.339 e. The summed E-state index contributed by atoms with van der Waals surface area (Å²) in [6.45, 7) is 1.56. The second-order valence-electron chi connectivity index (χ2n) is 6.25. The predicted molar refractivity (Wildman–Crippen MR) is 91.6 cm³/mol. The summed E-state index contributed by atoms with van der Waals surface area (Å²) in [4.78, 5) is 44.4. The third kappa shape index (κ3) is 2.59. The van der Waals surface area contributed by atoms with E-state index in [-0.39, 0.29) is 17.5 Å². The smallest absolute Gasteiger partial charge is 0.284 e. The molecule has 2 aromatic rings. The van der Waals surface area contributed by atoms with Crippen LogP contribution in [0.25, 0.3) is 0 Å². The summed E-state index contributed by atoms with van der Waals surface area (Å²) >= 11 is 0. The second-order valence-corrected chi connectivity index (χ2v) is 6.25. The van der Waals surface area contributed by atoms with Crippen molar-refractivity contribution < 1.29 is 14.4 Å². The van der Waals surface area contributed by atoms with Crippen LogP contribution in [0.3, 0.4) is 0 Å². The Balaban J connectivity index is 1.58. The maximum absolute atomic E-state index is 12.5. The van der Waals surface area contributed by atoms with Gasteiger partial charge in [0, 0.05) is 24.8 Å². The third-order valence-electron chi connectivity index (χ3n) is 4.66. The molecule has 6 heteroatoms. The highest BCUT2D eigenvalue weighted by Crippen LogP contribution is 2.27. The molecule has 0 aliphatic carbocycles. The maximum Gasteiger partial charge on any atom is 0.284 e. The number of hydrogen-bond donors (Lipinski definition) is 0. The number of fused-ring (bicyclic) bond motifs is 1. The largest absolute Gasteiger partial charge is 0.339 e. The summed E-state index contributed by atoms with van der Waals surface area (Å²) in [5.74, 6) is -0.825. The molecule has 0 bridgehead atoms. The first-order valence-corrected chi connectivity index (χ1v) is 8.40. The highest BCUT2D eigenvalue weighted by molar-refractivity contribution is 6.33. The SMILES string of the molecule is O=C(c1ccc(N2C(=O)c3cccnc3C2=O)cc1)N1CCCCC1. The van der Waals surface area contributed by atoms with Crippen LogP contribution in [0.15, 0.2) is 42.6 Å². The van der Waals surface area contributed by atoms with E-state index in [2.05, 4.69) is 4.98 Å². The number of hydrogen-bond acceptors (Lipinski definition) is 4. The van der Waals surface area contributed by atoms with Crippen molar-refractivity contribution >= 4 is 23.4 Å². The van der Waals surface area contributed by atoms with Crippen molar-refractivity contribution in [3.63, 3.8) is 0 Å². The Morgan fingerprint density at radius 1 is 0.920 bits per heavy atom. The lowest BCUT2D eigenvalue weighted by Gasteiger charge is -2.26. The van der Waals surface area contributed by atoms with Crippen molar-refractivity contribution in [2.45, 2.75) is 19.3 Å². The van der Waals surface area contributed by atoms with Crippen molar-refractivity contribution in [1.29, 1.82) is 0 Å². The molecule has 4 rings (SSSR count). The molecule has 0 unspecified atom stereocenters. The molecule has 0 atom stereocenters. The van der Waals surface area contributed by atoms with Crippen LogP contribution in [0, 0.1) is 0 Å². The van der Waals surface area contributed by atoms with E-state index in [0.717, 1.165) is 37.3 Å². The Kier molecular flexibility index (Phi) is 3.80. The summed E-state index contributed by atoms with van der Waals surface area (Å²) in [5, 5.41) is 0. The monoisotopic (exact) mass is 335 g/mol. The topological polar surface area (TPSA) is 70.6 Å². The zero-order chi connectivity index (χ0) is 17.4. The number of aromatic nitrogens is 1. The zero-order valence-corrected chi connectivity index (χ0v) is 13.6. The number of imide groups is 1. The van der Waals surface area contributed by atoms with Gasteiger partial charge in [0.1, 0.15) is 5.69 Å². The van der Waals surface area contributed by atoms with Gasteiger partial charge in [-0.2, -0.15) is 0 Å². The molecule has 126 valence electrons. The summed E-state index contributed by atoms with van der Waals surface area (Å²) in [6, 6.07) is 9.84. The molecule has 0 N–H and O–H groups in total. The molecule has 3 heterocycles. The van der Waals surface area contributed by atoms with Gasteiger partial charge in [-0.05, 0) is 55.7 Å². The molecule has 1 aromatic carbocycles. The van der Waals surface area contributed by atoms with Gasteiger partial charge in [0.2, 0.25) is 0 Å². The number of rotatable bonds is 2.